The maximum atomic E-state index is 12.8. The first-order valence-electron chi connectivity index (χ1n) is 7.99. The van der Waals surface area contributed by atoms with Crippen LogP contribution in [0.1, 0.15) is 20.7 Å². The first kappa shape index (κ1) is 19.4. The van der Waals surface area contributed by atoms with E-state index in [2.05, 4.69) is 0 Å². The van der Waals surface area contributed by atoms with Gasteiger partial charge in [0.2, 0.25) is 0 Å². The summed E-state index contributed by atoms with van der Waals surface area (Å²) in [4.78, 5) is 35.9. The van der Waals surface area contributed by atoms with Crippen molar-refractivity contribution in [1.29, 1.82) is 0 Å². The predicted molar refractivity (Wildman–Crippen MR) is 109 cm³/mol. The van der Waals surface area contributed by atoms with Crippen LogP contribution in [-0.4, -0.2) is 30.2 Å². The van der Waals surface area contributed by atoms with Crippen molar-refractivity contribution in [1.82, 2.24) is 5.06 Å². The van der Waals surface area contributed by atoms with Crippen molar-refractivity contribution in [2.45, 2.75) is 4.90 Å². The monoisotopic (exact) mass is 524 g/mol. The maximum absolute atomic E-state index is 12.8. The molecule has 3 aromatic rings. The molecule has 0 atom stereocenters. The number of nitro benzene ring substituents is 1. The number of non-ortho nitro benzene ring substituents is 1. The Morgan fingerprint density at radius 1 is 0.966 bits per heavy atom. The lowest BCUT2D eigenvalue weighted by atomic mass is 9.94. The van der Waals surface area contributed by atoms with Crippen molar-refractivity contribution in [2.75, 3.05) is 0 Å². The minimum Gasteiger partial charge on any atom is -0.266 e. The third kappa shape index (κ3) is 3.26. The first-order valence-corrected chi connectivity index (χ1v) is 10.5. The summed E-state index contributed by atoms with van der Waals surface area (Å²) >= 11 is 1.99. The number of hydrogen-bond donors (Lipinski definition) is 0. The van der Waals surface area contributed by atoms with Gasteiger partial charge in [-0.25, -0.2) is 0 Å². The van der Waals surface area contributed by atoms with Crippen molar-refractivity contribution < 1.29 is 27.2 Å². The third-order valence-electron chi connectivity index (χ3n) is 4.28. The number of benzene rings is 3. The van der Waals surface area contributed by atoms with Crippen LogP contribution in [0.25, 0.3) is 10.8 Å². The number of rotatable bonds is 4. The molecule has 1 aliphatic heterocycles. The molecule has 4 rings (SSSR count). The maximum Gasteiger partial charge on any atom is 0.318 e. The summed E-state index contributed by atoms with van der Waals surface area (Å²) < 4.78 is 30.7. The minimum atomic E-state index is -4.49. The van der Waals surface area contributed by atoms with E-state index in [0.29, 0.717) is 5.39 Å². The van der Waals surface area contributed by atoms with Crippen molar-refractivity contribution in [3.63, 3.8) is 0 Å². The van der Waals surface area contributed by atoms with Gasteiger partial charge in [0.05, 0.1) is 20.9 Å². The first-order chi connectivity index (χ1) is 13.7. The summed E-state index contributed by atoms with van der Waals surface area (Å²) in [5, 5.41) is 11.8. The molecule has 1 aliphatic rings. The average molecular weight is 524 g/mol. The summed E-state index contributed by atoms with van der Waals surface area (Å²) in [6.45, 7) is 0. The van der Waals surface area contributed by atoms with Crippen molar-refractivity contribution in [3.05, 3.63) is 79.4 Å². The molecule has 0 N–H and O–H groups in total. The van der Waals surface area contributed by atoms with Gasteiger partial charge in [0.1, 0.15) is 0 Å². The van der Waals surface area contributed by atoms with Crippen LogP contribution in [-0.2, 0) is 14.4 Å². The summed E-state index contributed by atoms with van der Waals surface area (Å²) in [6, 6.07) is 12.2. The summed E-state index contributed by atoms with van der Waals surface area (Å²) in [5.41, 5.74) is -0.556. The molecule has 0 saturated carbocycles. The Morgan fingerprint density at radius 3 is 2.28 bits per heavy atom. The lowest BCUT2D eigenvalue weighted by Crippen LogP contribution is -2.41. The molecular weight excluding hydrogens is 515 g/mol. The van der Waals surface area contributed by atoms with Gasteiger partial charge in [-0.3, -0.25) is 19.7 Å². The van der Waals surface area contributed by atoms with Gasteiger partial charge in [0.25, 0.3) is 17.5 Å². The van der Waals surface area contributed by atoms with Crippen LogP contribution in [0.3, 0.4) is 0 Å². The van der Waals surface area contributed by atoms with Crippen LogP contribution in [0.5, 0.6) is 0 Å². The molecule has 11 heteroatoms. The van der Waals surface area contributed by atoms with Gasteiger partial charge in [-0.1, -0.05) is 12.1 Å². The Labute approximate surface area is 177 Å². The molecule has 3 aromatic carbocycles. The SMILES string of the molecule is O=C1c2cccc3cc([N+](=O)[O-])cc(c23)C(=O)N1OS(=O)(=O)c1ccc(I)cc1. The summed E-state index contributed by atoms with van der Waals surface area (Å²) in [6.07, 6.45) is 0. The molecular formula is C18H9IN2O7S. The molecule has 0 aliphatic carbocycles. The number of amides is 2. The zero-order valence-corrected chi connectivity index (χ0v) is 17.2. The van der Waals surface area contributed by atoms with E-state index in [4.69, 9.17) is 4.28 Å². The Hall–Kier alpha value is -2.90. The van der Waals surface area contributed by atoms with E-state index in [-0.39, 0.29) is 32.2 Å². The number of halogens is 1. The van der Waals surface area contributed by atoms with Gasteiger partial charge in [-0.05, 0) is 58.3 Å². The number of hydrogen-bond acceptors (Lipinski definition) is 7. The van der Waals surface area contributed by atoms with E-state index in [1.54, 1.807) is 0 Å². The average Bonchev–Trinajstić information content (AvgIpc) is 2.69. The second-order valence-electron chi connectivity index (χ2n) is 6.04. The molecule has 0 saturated heterocycles. The van der Waals surface area contributed by atoms with Gasteiger partial charge >= 0.3 is 10.1 Å². The molecule has 0 spiro atoms. The standard InChI is InChI=1S/C18H9IN2O7S/c19-11-4-6-13(7-5-11)29(26,27)28-20-17(22)14-3-1-2-10-8-12(21(24)25)9-15(16(10)14)18(20)23/h1-9H. The van der Waals surface area contributed by atoms with E-state index >= 15 is 0 Å². The lowest BCUT2D eigenvalue weighted by Gasteiger charge is -2.25. The molecule has 146 valence electrons. The quantitative estimate of drug-likeness (QED) is 0.222. The van der Waals surface area contributed by atoms with Crippen LogP contribution in [0, 0.1) is 13.7 Å². The van der Waals surface area contributed by atoms with Gasteiger partial charge < -0.3 is 0 Å². The smallest absolute Gasteiger partial charge is 0.266 e. The molecule has 0 fully saturated rings. The molecule has 0 unspecified atom stereocenters. The van der Waals surface area contributed by atoms with Gasteiger partial charge in [-0.15, -0.1) is 9.35 Å². The molecule has 9 nitrogen and oxygen atoms in total. The van der Waals surface area contributed by atoms with Crippen molar-refractivity contribution in [3.8, 4) is 0 Å². The molecule has 0 bridgehead atoms. The second kappa shape index (κ2) is 6.86. The van der Waals surface area contributed by atoms with Gasteiger partial charge in [-0.2, -0.15) is 8.42 Å². The normalized spacial score (nSPS) is 13.8. The van der Waals surface area contributed by atoms with Crippen LogP contribution in [0.4, 0.5) is 5.69 Å². The lowest BCUT2D eigenvalue weighted by molar-refractivity contribution is -0.384. The van der Waals surface area contributed by atoms with Gasteiger partial charge in [0.15, 0.2) is 0 Å². The Bertz CT molecular complexity index is 1320. The number of carbonyl (C=O) groups is 2. The Kier molecular flexibility index (Phi) is 4.59. The fourth-order valence-electron chi connectivity index (χ4n) is 2.99. The highest BCUT2D eigenvalue weighted by atomic mass is 127. The number of imide groups is 1. The van der Waals surface area contributed by atoms with E-state index in [1.807, 2.05) is 22.6 Å². The van der Waals surface area contributed by atoms with E-state index in [0.717, 1.165) is 9.64 Å². The van der Waals surface area contributed by atoms with Crippen LogP contribution in [0.2, 0.25) is 0 Å². The highest BCUT2D eigenvalue weighted by molar-refractivity contribution is 14.1. The van der Waals surface area contributed by atoms with E-state index in [9.17, 15) is 28.1 Å². The summed E-state index contributed by atoms with van der Waals surface area (Å²) in [7, 11) is -4.49. The largest absolute Gasteiger partial charge is 0.318 e. The Balaban J connectivity index is 1.83. The van der Waals surface area contributed by atoms with E-state index < -0.39 is 26.9 Å². The van der Waals surface area contributed by atoms with Crippen LogP contribution < -0.4 is 0 Å². The summed E-state index contributed by atoms with van der Waals surface area (Å²) in [5.74, 6) is -2.08. The zero-order chi connectivity index (χ0) is 20.9. The van der Waals surface area contributed by atoms with Gasteiger partial charge in [0, 0.05) is 21.1 Å². The minimum absolute atomic E-state index is 0.00445. The molecule has 0 radical (unpaired) electrons. The highest BCUT2D eigenvalue weighted by Crippen LogP contribution is 2.34. The zero-order valence-electron chi connectivity index (χ0n) is 14.2. The molecule has 2 amide bonds. The molecule has 29 heavy (non-hydrogen) atoms. The molecule has 1 heterocycles. The van der Waals surface area contributed by atoms with Crippen LogP contribution in [0.15, 0.2) is 59.5 Å². The van der Waals surface area contributed by atoms with Crippen LogP contribution >= 0.6 is 22.6 Å². The highest BCUT2D eigenvalue weighted by Gasteiger charge is 2.38. The number of carbonyl (C=O) groups excluding carboxylic acids is 2. The topological polar surface area (TPSA) is 124 Å². The van der Waals surface area contributed by atoms with Crippen molar-refractivity contribution >= 4 is 61.0 Å². The number of nitrogens with zero attached hydrogens (tertiary/aromatic N) is 2. The predicted octanol–water partition coefficient (Wildman–Crippen LogP) is 3.27. The molecule has 0 aromatic heterocycles. The number of hydroxylamine groups is 2. The Morgan fingerprint density at radius 2 is 1.62 bits per heavy atom. The van der Waals surface area contributed by atoms with Crippen molar-refractivity contribution in [2.24, 2.45) is 0 Å². The fraction of sp³-hybridized carbons (Fsp3) is 0. The van der Waals surface area contributed by atoms with E-state index in [1.165, 1.54) is 48.5 Å². The fourth-order valence-corrected chi connectivity index (χ4v) is 4.23. The number of nitro groups is 1. The second-order valence-corrected chi connectivity index (χ2v) is 8.82. The third-order valence-corrected chi connectivity index (χ3v) is 6.19.